The zero-order chi connectivity index (χ0) is 16.7. The standard InChI is InChI=1S/C18H21FO4/c19-16-10-17(22)14(7-4-8-15(21)11-20)9-18(16)23-12-13-5-2-1-3-6-13/h1-3,5-6,9-10,15,20-22H,4,7-8,11-12H2/t15-/m1/s1. The average molecular weight is 320 g/mol. The molecule has 0 saturated heterocycles. The van der Waals surface area contributed by atoms with Crippen molar-refractivity contribution in [3.05, 3.63) is 59.4 Å². The molecule has 0 radical (unpaired) electrons. The van der Waals surface area contributed by atoms with E-state index in [4.69, 9.17) is 9.84 Å². The maximum atomic E-state index is 13.9. The molecule has 3 N–H and O–H groups in total. The second-order valence-corrected chi connectivity index (χ2v) is 5.41. The van der Waals surface area contributed by atoms with Crippen LogP contribution in [0, 0.1) is 5.82 Å². The summed E-state index contributed by atoms with van der Waals surface area (Å²) >= 11 is 0. The Morgan fingerprint density at radius 3 is 2.57 bits per heavy atom. The van der Waals surface area contributed by atoms with E-state index in [0.717, 1.165) is 11.6 Å². The van der Waals surface area contributed by atoms with Crippen molar-refractivity contribution >= 4 is 0 Å². The highest BCUT2D eigenvalue weighted by Gasteiger charge is 2.11. The largest absolute Gasteiger partial charge is 0.508 e. The van der Waals surface area contributed by atoms with E-state index in [-0.39, 0.29) is 24.7 Å². The maximum absolute atomic E-state index is 13.9. The van der Waals surface area contributed by atoms with Gasteiger partial charge in [0.2, 0.25) is 0 Å². The first-order valence-corrected chi connectivity index (χ1v) is 7.57. The second-order valence-electron chi connectivity index (χ2n) is 5.41. The number of phenolic OH excluding ortho intramolecular Hbond substituents is 1. The van der Waals surface area contributed by atoms with Gasteiger partial charge in [-0.3, -0.25) is 0 Å². The number of aromatic hydroxyl groups is 1. The van der Waals surface area contributed by atoms with Crippen LogP contribution >= 0.6 is 0 Å². The van der Waals surface area contributed by atoms with Crippen LogP contribution in [0.3, 0.4) is 0 Å². The molecule has 1 atom stereocenters. The molecular weight excluding hydrogens is 299 g/mol. The van der Waals surface area contributed by atoms with Gasteiger partial charge < -0.3 is 20.1 Å². The van der Waals surface area contributed by atoms with Crippen molar-refractivity contribution in [2.75, 3.05) is 6.61 Å². The molecule has 0 aliphatic carbocycles. The van der Waals surface area contributed by atoms with Crippen LogP contribution < -0.4 is 4.74 Å². The van der Waals surface area contributed by atoms with Crippen molar-refractivity contribution in [2.45, 2.75) is 32.0 Å². The summed E-state index contributed by atoms with van der Waals surface area (Å²) in [6.07, 6.45) is 0.670. The Hall–Kier alpha value is -2.11. The summed E-state index contributed by atoms with van der Waals surface area (Å²) < 4.78 is 19.4. The first kappa shape index (κ1) is 17.2. The topological polar surface area (TPSA) is 69.9 Å². The third-order valence-electron chi connectivity index (χ3n) is 3.56. The summed E-state index contributed by atoms with van der Waals surface area (Å²) in [5, 5.41) is 27.9. The molecule has 0 spiro atoms. The molecule has 4 nitrogen and oxygen atoms in total. The molecule has 0 heterocycles. The summed E-state index contributed by atoms with van der Waals surface area (Å²) in [4.78, 5) is 0. The lowest BCUT2D eigenvalue weighted by molar-refractivity contribution is 0.0866. The maximum Gasteiger partial charge on any atom is 0.168 e. The van der Waals surface area contributed by atoms with Gasteiger partial charge in [0.1, 0.15) is 12.4 Å². The third kappa shape index (κ3) is 5.23. The van der Waals surface area contributed by atoms with Gasteiger partial charge in [0, 0.05) is 6.07 Å². The molecule has 2 aromatic rings. The van der Waals surface area contributed by atoms with Crippen molar-refractivity contribution in [3.8, 4) is 11.5 Å². The van der Waals surface area contributed by atoms with Gasteiger partial charge in [0.25, 0.3) is 0 Å². The van der Waals surface area contributed by atoms with Crippen LogP contribution in [0.25, 0.3) is 0 Å². The molecule has 5 heteroatoms. The summed E-state index contributed by atoms with van der Waals surface area (Å²) in [6.45, 7) is -0.0496. The molecule has 0 aliphatic rings. The Balaban J connectivity index is 2.00. The number of benzene rings is 2. The molecule has 0 saturated carbocycles. The summed E-state index contributed by atoms with van der Waals surface area (Å²) in [5.41, 5.74) is 1.48. The van der Waals surface area contributed by atoms with E-state index in [0.29, 0.717) is 24.8 Å². The lowest BCUT2D eigenvalue weighted by Crippen LogP contribution is -2.11. The fraction of sp³-hybridized carbons (Fsp3) is 0.333. The van der Waals surface area contributed by atoms with E-state index < -0.39 is 11.9 Å². The van der Waals surface area contributed by atoms with Gasteiger partial charge in [-0.2, -0.15) is 0 Å². The van der Waals surface area contributed by atoms with Gasteiger partial charge in [0.15, 0.2) is 11.6 Å². The minimum absolute atomic E-state index is 0.0874. The monoisotopic (exact) mass is 320 g/mol. The Morgan fingerprint density at radius 1 is 1.13 bits per heavy atom. The zero-order valence-electron chi connectivity index (χ0n) is 12.8. The Labute approximate surface area is 134 Å². The molecule has 124 valence electrons. The van der Waals surface area contributed by atoms with Crippen molar-refractivity contribution < 1.29 is 24.4 Å². The van der Waals surface area contributed by atoms with Gasteiger partial charge in [-0.1, -0.05) is 30.3 Å². The number of aliphatic hydroxyl groups excluding tert-OH is 2. The number of ether oxygens (including phenoxy) is 1. The molecule has 0 amide bonds. The average Bonchev–Trinajstić information content (AvgIpc) is 2.56. The quantitative estimate of drug-likeness (QED) is 0.699. The first-order valence-electron chi connectivity index (χ1n) is 7.57. The minimum atomic E-state index is -0.772. The van der Waals surface area contributed by atoms with E-state index in [1.807, 2.05) is 30.3 Å². The Kier molecular flexibility index (Phi) is 6.38. The highest BCUT2D eigenvalue weighted by Crippen LogP contribution is 2.28. The third-order valence-corrected chi connectivity index (χ3v) is 3.56. The highest BCUT2D eigenvalue weighted by atomic mass is 19.1. The number of rotatable bonds is 8. The van der Waals surface area contributed by atoms with E-state index in [1.165, 1.54) is 6.07 Å². The fourth-order valence-corrected chi connectivity index (χ4v) is 2.25. The molecule has 0 aromatic heterocycles. The summed E-state index contributed by atoms with van der Waals surface area (Å²) in [6, 6.07) is 11.9. The molecule has 2 rings (SSSR count). The highest BCUT2D eigenvalue weighted by molar-refractivity contribution is 5.40. The number of aryl methyl sites for hydroxylation is 1. The van der Waals surface area contributed by atoms with Crippen molar-refractivity contribution in [1.29, 1.82) is 0 Å². The van der Waals surface area contributed by atoms with E-state index in [9.17, 15) is 14.6 Å². The summed E-state index contributed by atoms with van der Waals surface area (Å²) in [7, 11) is 0. The molecule has 0 aliphatic heterocycles. The lowest BCUT2D eigenvalue weighted by atomic mass is 10.0. The number of hydrogen-bond acceptors (Lipinski definition) is 4. The van der Waals surface area contributed by atoms with Crippen molar-refractivity contribution in [1.82, 2.24) is 0 Å². The van der Waals surface area contributed by atoms with Crippen LogP contribution in [0.4, 0.5) is 4.39 Å². The predicted molar refractivity (Wildman–Crippen MR) is 84.9 cm³/mol. The smallest absolute Gasteiger partial charge is 0.168 e. The van der Waals surface area contributed by atoms with Crippen LogP contribution in [0.15, 0.2) is 42.5 Å². The molecule has 2 aromatic carbocycles. The lowest BCUT2D eigenvalue weighted by Gasteiger charge is -2.12. The number of halogens is 1. The number of phenols is 1. The fourth-order valence-electron chi connectivity index (χ4n) is 2.25. The van der Waals surface area contributed by atoms with Crippen molar-refractivity contribution in [3.63, 3.8) is 0 Å². The van der Waals surface area contributed by atoms with Crippen LogP contribution in [0.5, 0.6) is 11.5 Å². The van der Waals surface area contributed by atoms with Gasteiger partial charge >= 0.3 is 0 Å². The normalized spacial score (nSPS) is 12.1. The SMILES string of the molecule is OC[C@H](O)CCCc1cc(OCc2ccccc2)c(F)cc1O. The van der Waals surface area contributed by atoms with E-state index in [1.54, 1.807) is 0 Å². The van der Waals surface area contributed by atoms with Crippen LogP contribution in [-0.2, 0) is 13.0 Å². The van der Waals surface area contributed by atoms with Gasteiger partial charge in [0.05, 0.1) is 12.7 Å². The van der Waals surface area contributed by atoms with Gasteiger partial charge in [-0.25, -0.2) is 4.39 Å². The van der Waals surface area contributed by atoms with Crippen LogP contribution in [0.1, 0.15) is 24.0 Å². The first-order chi connectivity index (χ1) is 11.1. The molecule has 0 bridgehead atoms. The summed E-state index contributed by atoms with van der Waals surface area (Å²) in [5.74, 6) is -0.657. The van der Waals surface area contributed by atoms with Gasteiger partial charge in [-0.05, 0) is 36.5 Å². The number of aliphatic hydroxyl groups is 2. The van der Waals surface area contributed by atoms with Crippen molar-refractivity contribution in [2.24, 2.45) is 0 Å². The zero-order valence-corrected chi connectivity index (χ0v) is 12.8. The predicted octanol–water partition coefficient (Wildman–Crippen LogP) is 2.79. The van der Waals surface area contributed by atoms with E-state index in [2.05, 4.69) is 0 Å². The number of hydrogen-bond donors (Lipinski definition) is 3. The van der Waals surface area contributed by atoms with E-state index >= 15 is 0 Å². The van der Waals surface area contributed by atoms with Gasteiger partial charge in [-0.15, -0.1) is 0 Å². The Morgan fingerprint density at radius 2 is 1.87 bits per heavy atom. The minimum Gasteiger partial charge on any atom is -0.508 e. The van der Waals surface area contributed by atoms with Crippen LogP contribution in [-0.4, -0.2) is 28.0 Å². The molecular formula is C18H21FO4. The molecule has 23 heavy (non-hydrogen) atoms. The van der Waals surface area contributed by atoms with Crippen LogP contribution in [0.2, 0.25) is 0 Å². The molecule has 0 fully saturated rings. The second kappa shape index (κ2) is 8.50. The molecule has 0 unspecified atom stereocenters. The Bertz CT molecular complexity index is 616.